The molecule has 2 heterocycles. The zero-order valence-electron chi connectivity index (χ0n) is 17.2. The first kappa shape index (κ1) is 19.8. The molecular weight excluding hydrogens is 366 g/mol. The van der Waals surface area contributed by atoms with Crippen LogP contribution in [-0.4, -0.2) is 43.7 Å². The minimum absolute atomic E-state index is 0.290. The maximum absolute atomic E-state index is 11.3. The number of para-hydroxylation sites is 1. The lowest BCUT2D eigenvalue weighted by Gasteiger charge is -2.30. The zero-order valence-corrected chi connectivity index (χ0v) is 17.2. The molecule has 2 aromatic carbocycles. The monoisotopic (exact) mass is 395 g/mol. The first-order valence-electron chi connectivity index (χ1n) is 10.5. The molecule has 2 atom stereocenters. The first-order valence-corrected chi connectivity index (χ1v) is 10.5. The van der Waals surface area contributed by atoms with Crippen LogP contribution in [0.25, 0.3) is 0 Å². The van der Waals surface area contributed by atoms with Crippen molar-refractivity contribution in [2.45, 2.75) is 45.1 Å². The van der Waals surface area contributed by atoms with Crippen molar-refractivity contribution in [2.24, 2.45) is 0 Å². The lowest BCUT2D eigenvalue weighted by Crippen LogP contribution is -2.37. The highest BCUT2D eigenvalue weighted by molar-refractivity contribution is 5.52. The number of fused-ring (bicyclic) bond motifs is 2. The van der Waals surface area contributed by atoms with Gasteiger partial charge in [-0.25, -0.2) is 0 Å². The summed E-state index contributed by atoms with van der Waals surface area (Å²) in [5.41, 5.74) is 3.78. The fourth-order valence-electron chi connectivity index (χ4n) is 4.23. The normalized spacial score (nSPS) is 16.4. The van der Waals surface area contributed by atoms with Crippen molar-refractivity contribution < 1.29 is 19.0 Å². The number of hydrogen-bond acceptors (Lipinski definition) is 5. The first-order chi connectivity index (χ1) is 14.2. The molecule has 0 fully saturated rings. The summed E-state index contributed by atoms with van der Waals surface area (Å²) in [5, 5.41) is 0. The van der Waals surface area contributed by atoms with Crippen molar-refractivity contribution in [3.63, 3.8) is 0 Å². The van der Waals surface area contributed by atoms with E-state index in [0.717, 1.165) is 55.9 Å². The SMILES string of the molecule is CC(CN(CC=O)C(C)CCc1cccc2c1OCO2)c1ccc2c(c1)CCO2. The van der Waals surface area contributed by atoms with E-state index in [0.29, 0.717) is 25.3 Å². The molecule has 154 valence electrons. The van der Waals surface area contributed by atoms with Crippen LogP contribution >= 0.6 is 0 Å². The van der Waals surface area contributed by atoms with Gasteiger partial charge >= 0.3 is 0 Å². The predicted octanol–water partition coefficient (Wildman–Crippen LogP) is 3.98. The second-order valence-electron chi connectivity index (χ2n) is 8.03. The molecule has 29 heavy (non-hydrogen) atoms. The standard InChI is InChI=1S/C24H29NO4/c1-17(20-8-9-22-21(14-20)10-13-27-22)15-25(11-12-26)18(2)6-7-19-4-3-5-23-24(19)29-16-28-23/h3-5,8-9,12,14,17-18H,6-7,10-11,13,15-16H2,1-2H3. The maximum atomic E-state index is 11.3. The van der Waals surface area contributed by atoms with Crippen LogP contribution in [-0.2, 0) is 17.6 Å². The van der Waals surface area contributed by atoms with Gasteiger partial charge in [-0.3, -0.25) is 4.90 Å². The molecule has 2 aliphatic rings. The Labute approximate surface area is 172 Å². The number of benzene rings is 2. The Kier molecular flexibility index (Phi) is 6.05. The minimum atomic E-state index is 0.290. The zero-order chi connectivity index (χ0) is 20.2. The van der Waals surface area contributed by atoms with E-state index in [1.807, 2.05) is 12.1 Å². The smallest absolute Gasteiger partial charge is 0.231 e. The molecule has 4 rings (SSSR count). The van der Waals surface area contributed by atoms with Gasteiger partial charge in [0.05, 0.1) is 13.2 Å². The highest BCUT2D eigenvalue weighted by Gasteiger charge is 2.21. The minimum Gasteiger partial charge on any atom is -0.493 e. The molecule has 0 N–H and O–H groups in total. The van der Waals surface area contributed by atoms with E-state index >= 15 is 0 Å². The molecule has 2 aromatic rings. The van der Waals surface area contributed by atoms with Crippen LogP contribution < -0.4 is 14.2 Å². The van der Waals surface area contributed by atoms with E-state index in [1.165, 1.54) is 16.7 Å². The third kappa shape index (κ3) is 4.40. The quantitative estimate of drug-likeness (QED) is 0.601. The Morgan fingerprint density at radius 1 is 1.10 bits per heavy atom. The summed E-state index contributed by atoms with van der Waals surface area (Å²) < 4.78 is 16.7. The Balaban J connectivity index is 1.39. The Bertz CT molecular complexity index is 866. The van der Waals surface area contributed by atoms with Crippen LogP contribution in [0, 0.1) is 0 Å². The maximum Gasteiger partial charge on any atom is 0.231 e. The molecule has 0 saturated heterocycles. The van der Waals surface area contributed by atoms with Gasteiger partial charge in [-0.1, -0.05) is 31.2 Å². The van der Waals surface area contributed by atoms with Crippen LogP contribution in [0.5, 0.6) is 17.2 Å². The number of hydrogen-bond donors (Lipinski definition) is 0. The average molecular weight is 395 g/mol. The van der Waals surface area contributed by atoms with Crippen molar-refractivity contribution in [3.8, 4) is 17.2 Å². The van der Waals surface area contributed by atoms with Crippen LogP contribution in [0.1, 0.15) is 42.9 Å². The topological polar surface area (TPSA) is 48.0 Å². The van der Waals surface area contributed by atoms with Crippen LogP contribution in [0.4, 0.5) is 0 Å². The Morgan fingerprint density at radius 3 is 2.86 bits per heavy atom. The van der Waals surface area contributed by atoms with Crippen LogP contribution in [0.15, 0.2) is 36.4 Å². The highest BCUT2D eigenvalue weighted by Crippen LogP contribution is 2.36. The largest absolute Gasteiger partial charge is 0.493 e. The molecule has 0 amide bonds. The predicted molar refractivity (Wildman–Crippen MR) is 112 cm³/mol. The third-order valence-corrected chi connectivity index (χ3v) is 6.03. The molecule has 0 bridgehead atoms. The van der Waals surface area contributed by atoms with Crippen molar-refractivity contribution in [2.75, 3.05) is 26.5 Å². The van der Waals surface area contributed by atoms with E-state index < -0.39 is 0 Å². The van der Waals surface area contributed by atoms with E-state index in [2.05, 4.69) is 43.0 Å². The number of aryl methyl sites for hydroxylation is 1. The van der Waals surface area contributed by atoms with Crippen LogP contribution in [0.2, 0.25) is 0 Å². The van der Waals surface area contributed by atoms with Crippen molar-refractivity contribution >= 4 is 6.29 Å². The molecule has 2 aliphatic heterocycles. The summed E-state index contributed by atoms with van der Waals surface area (Å²) in [7, 11) is 0. The number of ether oxygens (including phenoxy) is 3. The van der Waals surface area contributed by atoms with Gasteiger partial charge in [-0.15, -0.1) is 0 Å². The van der Waals surface area contributed by atoms with Crippen molar-refractivity contribution in [3.05, 3.63) is 53.1 Å². The van der Waals surface area contributed by atoms with E-state index in [9.17, 15) is 4.79 Å². The lowest BCUT2D eigenvalue weighted by molar-refractivity contribution is -0.109. The van der Waals surface area contributed by atoms with Gasteiger partial charge in [0.1, 0.15) is 12.0 Å². The summed E-state index contributed by atoms with van der Waals surface area (Å²) in [6.07, 6.45) is 3.85. The molecule has 0 saturated carbocycles. The second kappa shape index (κ2) is 8.87. The molecule has 2 unspecified atom stereocenters. The fourth-order valence-corrected chi connectivity index (χ4v) is 4.23. The van der Waals surface area contributed by atoms with Crippen molar-refractivity contribution in [1.29, 1.82) is 0 Å². The highest BCUT2D eigenvalue weighted by atomic mass is 16.7. The summed E-state index contributed by atoms with van der Waals surface area (Å²) in [6, 6.07) is 12.8. The average Bonchev–Trinajstić information content (AvgIpc) is 3.40. The molecule has 0 aliphatic carbocycles. The van der Waals surface area contributed by atoms with Crippen LogP contribution in [0.3, 0.4) is 0 Å². The van der Waals surface area contributed by atoms with Gasteiger partial charge in [0.25, 0.3) is 0 Å². The second-order valence-corrected chi connectivity index (χ2v) is 8.03. The van der Waals surface area contributed by atoms with Gasteiger partial charge in [0, 0.05) is 19.0 Å². The molecule has 5 heteroatoms. The molecular formula is C24H29NO4. The Hall–Kier alpha value is -2.53. The fraction of sp³-hybridized carbons (Fsp3) is 0.458. The summed E-state index contributed by atoms with van der Waals surface area (Å²) >= 11 is 0. The number of nitrogens with zero attached hydrogens (tertiary/aromatic N) is 1. The van der Waals surface area contributed by atoms with E-state index in [-0.39, 0.29) is 0 Å². The Morgan fingerprint density at radius 2 is 2.00 bits per heavy atom. The lowest BCUT2D eigenvalue weighted by atomic mass is 9.96. The van der Waals surface area contributed by atoms with Gasteiger partial charge in [0.15, 0.2) is 11.5 Å². The van der Waals surface area contributed by atoms with Gasteiger partial charge in [-0.2, -0.15) is 0 Å². The summed E-state index contributed by atoms with van der Waals surface area (Å²) in [5.74, 6) is 3.06. The van der Waals surface area contributed by atoms with E-state index in [4.69, 9.17) is 14.2 Å². The molecule has 0 aromatic heterocycles. The number of carbonyl (C=O) groups excluding carboxylic acids is 1. The summed E-state index contributed by atoms with van der Waals surface area (Å²) in [6.45, 7) is 6.81. The number of aldehydes is 1. The number of rotatable bonds is 9. The van der Waals surface area contributed by atoms with Gasteiger partial charge in [0.2, 0.25) is 6.79 Å². The third-order valence-electron chi connectivity index (χ3n) is 6.03. The summed E-state index contributed by atoms with van der Waals surface area (Å²) in [4.78, 5) is 13.6. The van der Waals surface area contributed by atoms with Gasteiger partial charge < -0.3 is 19.0 Å². The number of carbonyl (C=O) groups is 1. The van der Waals surface area contributed by atoms with Gasteiger partial charge in [-0.05, 0) is 54.5 Å². The molecule has 5 nitrogen and oxygen atoms in total. The van der Waals surface area contributed by atoms with Crippen molar-refractivity contribution in [1.82, 2.24) is 4.90 Å². The molecule has 0 radical (unpaired) electrons. The van der Waals surface area contributed by atoms with E-state index in [1.54, 1.807) is 0 Å². The molecule has 0 spiro atoms.